The molecule has 18 heavy (non-hydrogen) atoms. The Balaban J connectivity index is 2.13. The highest BCUT2D eigenvalue weighted by Crippen LogP contribution is 2.23. The lowest BCUT2D eigenvalue weighted by Crippen LogP contribution is -2.46. The van der Waals surface area contributed by atoms with Crippen molar-refractivity contribution in [3.63, 3.8) is 0 Å². The van der Waals surface area contributed by atoms with Crippen molar-refractivity contribution >= 4 is 21.8 Å². The number of carbonyl (C=O) groups excluding carboxylic acids is 1. The van der Waals surface area contributed by atoms with E-state index >= 15 is 0 Å². The van der Waals surface area contributed by atoms with Crippen LogP contribution in [-0.4, -0.2) is 40.1 Å². The number of carbonyl (C=O) groups is 1. The third-order valence-corrected chi connectivity index (χ3v) is 3.92. The summed E-state index contributed by atoms with van der Waals surface area (Å²) in [5, 5.41) is 9.97. The second-order valence-corrected chi connectivity index (χ2v) is 5.51. The molecule has 0 radical (unpaired) electrons. The quantitative estimate of drug-likeness (QED) is 0.852. The van der Waals surface area contributed by atoms with Crippen LogP contribution in [0.1, 0.15) is 36.0 Å². The van der Waals surface area contributed by atoms with Gasteiger partial charge in [0.15, 0.2) is 0 Å². The maximum atomic E-state index is 12.3. The third kappa shape index (κ3) is 2.90. The zero-order valence-corrected chi connectivity index (χ0v) is 11.9. The van der Waals surface area contributed by atoms with Crippen LogP contribution in [0.4, 0.5) is 0 Å². The fraction of sp³-hybridized carbons (Fsp3) is 0.538. The Morgan fingerprint density at radius 1 is 1.50 bits per heavy atom. The summed E-state index contributed by atoms with van der Waals surface area (Å²) in [7, 11) is 1.76. The highest BCUT2D eigenvalue weighted by Gasteiger charge is 2.29. The first-order valence-electron chi connectivity index (χ1n) is 6.16. The van der Waals surface area contributed by atoms with E-state index in [-0.39, 0.29) is 11.9 Å². The van der Waals surface area contributed by atoms with Crippen LogP contribution in [0.5, 0.6) is 0 Å². The number of amides is 1. The van der Waals surface area contributed by atoms with Crippen LogP contribution in [0, 0.1) is 0 Å². The summed E-state index contributed by atoms with van der Waals surface area (Å²) in [4.78, 5) is 18.0. The van der Waals surface area contributed by atoms with Gasteiger partial charge < -0.3 is 10.0 Å². The Hall–Kier alpha value is -0.940. The van der Waals surface area contributed by atoms with Crippen molar-refractivity contribution in [1.29, 1.82) is 0 Å². The normalized spacial score (nSPS) is 23.7. The van der Waals surface area contributed by atoms with E-state index in [9.17, 15) is 9.90 Å². The lowest BCUT2D eigenvalue weighted by Gasteiger charge is -2.35. The summed E-state index contributed by atoms with van der Waals surface area (Å²) in [6.45, 7) is 0. The molecular weight excluding hydrogens is 296 g/mol. The molecule has 0 spiro atoms. The Kier molecular flexibility index (Phi) is 4.35. The van der Waals surface area contributed by atoms with Crippen molar-refractivity contribution in [2.75, 3.05) is 7.05 Å². The molecule has 1 N–H and O–H groups in total. The maximum Gasteiger partial charge on any atom is 0.254 e. The Morgan fingerprint density at radius 2 is 2.22 bits per heavy atom. The molecule has 1 aromatic rings. The van der Waals surface area contributed by atoms with E-state index in [2.05, 4.69) is 20.9 Å². The highest BCUT2D eigenvalue weighted by molar-refractivity contribution is 9.10. The van der Waals surface area contributed by atoms with Gasteiger partial charge in [0.1, 0.15) is 4.60 Å². The minimum atomic E-state index is -0.405. The number of hydrogen-bond donors (Lipinski definition) is 1. The van der Waals surface area contributed by atoms with E-state index in [1.807, 2.05) is 0 Å². The lowest BCUT2D eigenvalue weighted by molar-refractivity contribution is 0.0268. The summed E-state index contributed by atoms with van der Waals surface area (Å²) in [5.41, 5.74) is 0.595. The predicted octanol–water partition coefficient (Wildman–Crippen LogP) is 2.22. The second kappa shape index (κ2) is 5.80. The molecule has 1 aliphatic carbocycles. The molecule has 5 heteroatoms. The summed E-state index contributed by atoms with van der Waals surface area (Å²) in [6.07, 6.45) is 4.96. The van der Waals surface area contributed by atoms with Crippen LogP contribution in [-0.2, 0) is 0 Å². The molecule has 1 heterocycles. The molecule has 1 fully saturated rings. The second-order valence-electron chi connectivity index (χ2n) is 4.70. The predicted molar refractivity (Wildman–Crippen MR) is 72.3 cm³/mol. The van der Waals surface area contributed by atoms with E-state index in [0.29, 0.717) is 10.2 Å². The zero-order chi connectivity index (χ0) is 13.1. The number of aliphatic hydroxyl groups excluding tert-OH is 1. The van der Waals surface area contributed by atoms with Crippen LogP contribution in [0.15, 0.2) is 22.9 Å². The first kappa shape index (κ1) is 13.5. The molecule has 1 saturated carbocycles. The molecule has 2 unspecified atom stereocenters. The van der Waals surface area contributed by atoms with Gasteiger partial charge in [-0.05, 0) is 40.9 Å². The SMILES string of the molecule is CN(C(=O)c1ccnc(Br)c1)C1CCCCC1O. The van der Waals surface area contributed by atoms with Crippen LogP contribution in [0.3, 0.4) is 0 Å². The van der Waals surface area contributed by atoms with Crippen LogP contribution < -0.4 is 0 Å². The van der Waals surface area contributed by atoms with Gasteiger partial charge in [0, 0.05) is 18.8 Å². The molecule has 98 valence electrons. The summed E-state index contributed by atoms with van der Waals surface area (Å²) >= 11 is 3.26. The van der Waals surface area contributed by atoms with E-state index in [0.717, 1.165) is 25.7 Å². The van der Waals surface area contributed by atoms with Crippen molar-refractivity contribution in [2.24, 2.45) is 0 Å². The largest absolute Gasteiger partial charge is 0.391 e. The van der Waals surface area contributed by atoms with Crippen molar-refractivity contribution in [2.45, 2.75) is 37.8 Å². The number of aliphatic hydroxyl groups is 1. The number of aromatic nitrogens is 1. The third-order valence-electron chi connectivity index (χ3n) is 3.49. The van der Waals surface area contributed by atoms with Gasteiger partial charge >= 0.3 is 0 Å². The fourth-order valence-electron chi connectivity index (χ4n) is 2.43. The minimum absolute atomic E-state index is 0.0657. The standard InChI is InChI=1S/C13H17BrN2O2/c1-16(10-4-2-3-5-11(10)17)13(18)9-6-7-15-12(14)8-9/h6-8,10-11,17H,2-5H2,1H3. The minimum Gasteiger partial charge on any atom is -0.391 e. The van der Waals surface area contributed by atoms with Crippen molar-refractivity contribution in [3.8, 4) is 0 Å². The molecule has 1 amide bonds. The van der Waals surface area contributed by atoms with E-state index in [1.165, 1.54) is 0 Å². The van der Waals surface area contributed by atoms with E-state index in [1.54, 1.807) is 30.3 Å². The zero-order valence-electron chi connectivity index (χ0n) is 10.3. The first-order chi connectivity index (χ1) is 8.59. The van der Waals surface area contributed by atoms with Gasteiger partial charge in [-0.1, -0.05) is 12.8 Å². The van der Waals surface area contributed by atoms with Gasteiger partial charge in [-0.2, -0.15) is 0 Å². The topological polar surface area (TPSA) is 53.4 Å². The number of hydrogen-bond acceptors (Lipinski definition) is 3. The van der Waals surface area contributed by atoms with Crippen molar-refractivity contribution in [1.82, 2.24) is 9.88 Å². The van der Waals surface area contributed by atoms with Crippen LogP contribution >= 0.6 is 15.9 Å². The smallest absolute Gasteiger partial charge is 0.254 e. The molecule has 1 aromatic heterocycles. The Bertz CT molecular complexity index is 439. The molecule has 0 aromatic carbocycles. The number of halogens is 1. The van der Waals surface area contributed by atoms with Gasteiger partial charge in [0.05, 0.1) is 12.1 Å². The summed E-state index contributed by atoms with van der Waals surface area (Å²) in [5.74, 6) is -0.0657. The lowest BCUT2D eigenvalue weighted by atomic mass is 9.91. The number of pyridine rings is 1. The highest BCUT2D eigenvalue weighted by atomic mass is 79.9. The van der Waals surface area contributed by atoms with Gasteiger partial charge in [-0.15, -0.1) is 0 Å². The molecule has 2 rings (SSSR count). The molecular formula is C13H17BrN2O2. The average Bonchev–Trinajstić information content (AvgIpc) is 2.37. The fourth-order valence-corrected chi connectivity index (χ4v) is 2.80. The first-order valence-corrected chi connectivity index (χ1v) is 6.95. The molecule has 0 aliphatic heterocycles. The molecule has 1 aliphatic rings. The maximum absolute atomic E-state index is 12.3. The van der Waals surface area contributed by atoms with Crippen molar-refractivity contribution in [3.05, 3.63) is 28.5 Å². The van der Waals surface area contributed by atoms with Crippen LogP contribution in [0.25, 0.3) is 0 Å². The van der Waals surface area contributed by atoms with E-state index < -0.39 is 6.10 Å². The van der Waals surface area contributed by atoms with Crippen molar-refractivity contribution < 1.29 is 9.90 Å². The summed E-state index contributed by atoms with van der Waals surface area (Å²) in [6, 6.07) is 3.32. The van der Waals surface area contributed by atoms with Gasteiger partial charge in [-0.3, -0.25) is 4.79 Å². The van der Waals surface area contributed by atoms with Gasteiger partial charge in [0.25, 0.3) is 5.91 Å². The van der Waals surface area contributed by atoms with Crippen LogP contribution in [0.2, 0.25) is 0 Å². The number of likely N-dealkylation sites (N-methyl/N-ethyl adjacent to an activating group) is 1. The molecule has 0 bridgehead atoms. The number of rotatable bonds is 2. The monoisotopic (exact) mass is 312 g/mol. The number of nitrogens with zero attached hydrogens (tertiary/aromatic N) is 2. The van der Waals surface area contributed by atoms with Gasteiger partial charge in [-0.25, -0.2) is 4.98 Å². The Labute approximate surface area is 115 Å². The molecule has 0 saturated heterocycles. The molecule has 2 atom stereocenters. The molecule has 4 nitrogen and oxygen atoms in total. The summed E-state index contributed by atoms with van der Waals surface area (Å²) < 4.78 is 0.644. The Morgan fingerprint density at radius 3 is 2.89 bits per heavy atom. The van der Waals surface area contributed by atoms with Gasteiger partial charge in [0.2, 0.25) is 0 Å². The van der Waals surface area contributed by atoms with E-state index in [4.69, 9.17) is 0 Å². The average molecular weight is 313 g/mol.